The number of aliphatic imine (C=N–C) groups is 1. The highest BCUT2D eigenvalue weighted by atomic mass is 16.6. The third kappa shape index (κ3) is 4.27. The summed E-state index contributed by atoms with van der Waals surface area (Å²) in [7, 11) is 1.83. The Hall–Kier alpha value is -3.03. The summed E-state index contributed by atoms with van der Waals surface area (Å²) >= 11 is 0. The first-order valence-corrected chi connectivity index (χ1v) is 9.69. The lowest BCUT2D eigenvalue weighted by Crippen LogP contribution is -2.53. The summed E-state index contributed by atoms with van der Waals surface area (Å²) in [5.74, 6) is 3.40. The number of rotatable bonds is 4. The van der Waals surface area contributed by atoms with E-state index < -0.39 is 0 Å². The third-order valence-electron chi connectivity index (χ3n) is 4.93. The van der Waals surface area contributed by atoms with Crippen molar-refractivity contribution in [2.45, 2.75) is 6.42 Å². The molecule has 1 saturated heterocycles. The van der Waals surface area contributed by atoms with Gasteiger partial charge in [-0.3, -0.25) is 4.99 Å². The average molecular weight is 382 g/mol. The quantitative estimate of drug-likeness (QED) is 0.629. The maximum atomic E-state index is 5.66. The average Bonchev–Trinajstić information content (AvgIpc) is 2.77. The Morgan fingerprint density at radius 2 is 1.82 bits per heavy atom. The molecule has 28 heavy (non-hydrogen) atoms. The van der Waals surface area contributed by atoms with Crippen molar-refractivity contribution >= 4 is 11.9 Å². The van der Waals surface area contributed by atoms with Crippen molar-refractivity contribution < 1.29 is 9.47 Å². The molecule has 2 aliphatic rings. The van der Waals surface area contributed by atoms with E-state index in [2.05, 4.69) is 42.2 Å². The Bertz CT molecular complexity index is 806. The summed E-state index contributed by atoms with van der Waals surface area (Å²) in [6, 6.07) is 7.99. The fraction of sp³-hybridized carbons (Fsp3) is 0.450. The molecule has 0 atom stereocenters. The van der Waals surface area contributed by atoms with Crippen LogP contribution in [0.25, 0.3) is 0 Å². The normalized spacial score (nSPS) is 16.8. The molecule has 0 amide bonds. The molecule has 4 rings (SSSR count). The van der Waals surface area contributed by atoms with Crippen molar-refractivity contribution in [3.05, 3.63) is 42.2 Å². The number of nitrogens with one attached hydrogen (secondary N) is 1. The minimum atomic E-state index is 0.612. The van der Waals surface area contributed by atoms with E-state index in [0.717, 1.165) is 62.6 Å². The van der Waals surface area contributed by atoms with Gasteiger partial charge in [-0.15, -0.1) is 0 Å². The molecule has 0 radical (unpaired) electrons. The van der Waals surface area contributed by atoms with Crippen LogP contribution in [0.4, 0.5) is 5.95 Å². The number of hydrogen-bond acceptors (Lipinski definition) is 6. The lowest BCUT2D eigenvalue weighted by molar-refractivity contribution is 0.171. The van der Waals surface area contributed by atoms with Gasteiger partial charge in [-0.05, 0) is 30.2 Å². The number of hydrogen-bond donors (Lipinski definition) is 1. The van der Waals surface area contributed by atoms with Gasteiger partial charge in [0.05, 0.1) is 0 Å². The van der Waals surface area contributed by atoms with Gasteiger partial charge in [0.2, 0.25) is 5.95 Å². The second-order valence-electron chi connectivity index (χ2n) is 6.72. The first-order valence-electron chi connectivity index (χ1n) is 9.69. The van der Waals surface area contributed by atoms with E-state index in [1.807, 2.05) is 19.2 Å². The van der Waals surface area contributed by atoms with Crippen LogP contribution in [0.1, 0.15) is 5.56 Å². The summed E-state index contributed by atoms with van der Waals surface area (Å²) in [5.41, 5.74) is 1.22. The maximum Gasteiger partial charge on any atom is 0.225 e. The largest absolute Gasteiger partial charge is 0.486 e. The summed E-state index contributed by atoms with van der Waals surface area (Å²) in [6.07, 6.45) is 4.47. The van der Waals surface area contributed by atoms with Gasteiger partial charge in [-0.1, -0.05) is 6.07 Å². The van der Waals surface area contributed by atoms with Gasteiger partial charge < -0.3 is 24.6 Å². The van der Waals surface area contributed by atoms with Gasteiger partial charge >= 0.3 is 0 Å². The van der Waals surface area contributed by atoms with Crippen LogP contribution in [0.2, 0.25) is 0 Å². The molecule has 148 valence electrons. The van der Waals surface area contributed by atoms with E-state index in [4.69, 9.17) is 9.47 Å². The Morgan fingerprint density at radius 3 is 2.57 bits per heavy atom. The van der Waals surface area contributed by atoms with Gasteiger partial charge in [-0.25, -0.2) is 9.97 Å². The van der Waals surface area contributed by atoms with Crippen LogP contribution in [0.5, 0.6) is 11.5 Å². The zero-order chi connectivity index (χ0) is 19.2. The van der Waals surface area contributed by atoms with Crippen molar-refractivity contribution in [3.63, 3.8) is 0 Å². The number of fused-ring (bicyclic) bond motifs is 1. The van der Waals surface area contributed by atoms with E-state index >= 15 is 0 Å². The second kappa shape index (κ2) is 8.77. The number of anilines is 1. The lowest BCUT2D eigenvalue weighted by Gasteiger charge is -2.36. The highest BCUT2D eigenvalue weighted by Crippen LogP contribution is 2.30. The predicted molar refractivity (Wildman–Crippen MR) is 108 cm³/mol. The first kappa shape index (κ1) is 18.3. The number of ether oxygens (including phenoxy) is 2. The number of aromatic nitrogens is 2. The number of piperazine rings is 1. The van der Waals surface area contributed by atoms with Gasteiger partial charge in [0, 0.05) is 52.2 Å². The Morgan fingerprint density at radius 1 is 1.07 bits per heavy atom. The molecule has 2 aliphatic heterocycles. The van der Waals surface area contributed by atoms with Gasteiger partial charge in [0.15, 0.2) is 17.5 Å². The fourth-order valence-corrected chi connectivity index (χ4v) is 3.47. The number of nitrogens with zero attached hydrogens (tertiary/aromatic N) is 5. The molecule has 1 aromatic heterocycles. The molecule has 3 heterocycles. The van der Waals surface area contributed by atoms with Crippen molar-refractivity contribution in [3.8, 4) is 11.5 Å². The summed E-state index contributed by atoms with van der Waals surface area (Å²) in [4.78, 5) is 17.6. The summed E-state index contributed by atoms with van der Waals surface area (Å²) < 4.78 is 11.2. The van der Waals surface area contributed by atoms with E-state index in [-0.39, 0.29) is 0 Å². The zero-order valence-electron chi connectivity index (χ0n) is 16.2. The SMILES string of the molecule is CN=C(NCCc1ccc2c(c1)OCCO2)N1CCN(c2ncccn2)CC1. The van der Waals surface area contributed by atoms with E-state index in [9.17, 15) is 0 Å². The van der Waals surface area contributed by atoms with Crippen molar-refractivity contribution in [1.82, 2.24) is 20.2 Å². The standard InChI is InChI=1S/C20H26N6O2/c1-21-19(25-9-11-26(12-10-25)20-22-6-2-7-23-20)24-8-5-16-3-4-17-18(15-16)28-14-13-27-17/h2-4,6-7,15H,5,8-14H2,1H3,(H,21,24). The molecule has 0 spiro atoms. The molecule has 0 aliphatic carbocycles. The minimum Gasteiger partial charge on any atom is -0.486 e. The van der Waals surface area contributed by atoms with Crippen molar-refractivity contribution in [1.29, 1.82) is 0 Å². The maximum absolute atomic E-state index is 5.66. The fourth-order valence-electron chi connectivity index (χ4n) is 3.47. The van der Waals surface area contributed by atoms with E-state index in [0.29, 0.717) is 13.2 Å². The van der Waals surface area contributed by atoms with E-state index in [1.54, 1.807) is 12.4 Å². The zero-order valence-corrected chi connectivity index (χ0v) is 16.2. The molecule has 0 unspecified atom stereocenters. The van der Waals surface area contributed by atoms with Crippen LogP contribution < -0.4 is 19.7 Å². The van der Waals surface area contributed by atoms with Gasteiger partial charge in [0.1, 0.15) is 13.2 Å². The molecule has 1 aromatic carbocycles. The van der Waals surface area contributed by atoms with Gasteiger partial charge in [0.25, 0.3) is 0 Å². The molecule has 8 heteroatoms. The van der Waals surface area contributed by atoms with Crippen molar-refractivity contribution in [2.75, 3.05) is 57.9 Å². The summed E-state index contributed by atoms with van der Waals surface area (Å²) in [5, 5.41) is 3.48. The first-order chi connectivity index (χ1) is 13.8. The third-order valence-corrected chi connectivity index (χ3v) is 4.93. The van der Waals surface area contributed by atoms with Crippen LogP contribution in [0, 0.1) is 0 Å². The Kier molecular flexibility index (Phi) is 5.75. The van der Waals surface area contributed by atoms with Crippen LogP contribution in [0.15, 0.2) is 41.7 Å². The van der Waals surface area contributed by atoms with Crippen LogP contribution >= 0.6 is 0 Å². The van der Waals surface area contributed by atoms with Crippen molar-refractivity contribution in [2.24, 2.45) is 4.99 Å². The highest BCUT2D eigenvalue weighted by Gasteiger charge is 2.21. The summed E-state index contributed by atoms with van der Waals surface area (Å²) in [6.45, 7) is 5.59. The molecular weight excluding hydrogens is 356 g/mol. The molecule has 1 N–H and O–H groups in total. The molecule has 8 nitrogen and oxygen atoms in total. The lowest BCUT2D eigenvalue weighted by atomic mass is 10.1. The van der Waals surface area contributed by atoms with Crippen LogP contribution in [-0.2, 0) is 6.42 Å². The monoisotopic (exact) mass is 382 g/mol. The molecule has 2 aromatic rings. The molecule has 0 saturated carbocycles. The highest BCUT2D eigenvalue weighted by molar-refractivity contribution is 5.80. The van der Waals surface area contributed by atoms with Crippen LogP contribution in [-0.4, -0.2) is 73.8 Å². The minimum absolute atomic E-state index is 0.612. The molecule has 1 fully saturated rings. The molecule has 0 bridgehead atoms. The second-order valence-corrected chi connectivity index (χ2v) is 6.72. The topological polar surface area (TPSA) is 75.1 Å². The van der Waals surface area contributed by atoms with Gasteiger partial charge in [-0.2, -0.15) is 0 Å². The van der Waals surface area contributed by atoms with Crippen LogP contribution in [0.3, 0.4) is 0 Å². The smallest absolute Gasteiger partial charge is 0.225 e. The van der Waals surface area contributed by atoms with E-state index in [1.165, 1.54) is 5.56 Å². The number of guanidine groups is 1. The molecular formula is C20H26N6O2. The number of benzene rings is 1. The Labute approximate surface area is 165 Å². The Balaban J connectivity index is 1.26. The predicted octanol–water partition coefficient (Wildman–Crippen LogP) is 1.19.